The van der Waals surface area contributed by atoms with Crippen LogP contribution in [0.15, 0.2) is 59.5 Å². The summed E-state index contributed by atoms with van der Waals surface area (Å²) in [7, 11) is 0. The molecule has 2 aromatic carbocycles. The molecule has 7 nitrogen and oxygen atoms in total. The third-order valence-corrected chi connectivity index (χ3v) is 6.75. The van der Waals surface area contributed by atoms with Crippen molar-refractivity contribution in [3.05, 3.63) is 65.2 Å². The third kappa shape index (κ3) is 3.43. The van der Waals surface area contributed by atoms with Gasteiger partial charge in [0.1, 0.15) is 0 Å². The van der Waals surface area contributed by atoms with E-state index in [0.717, 1.165) is 54.6 Å². The molecule has 7 heteroatoms. The van der Waals surface area contributed by atoms with Crippen LogP contribution in [0, 0.1) is 11.8 Å². The number of rotatable bonds is 5. The SMILES string of the molecule is O=C(C1CC1)N1CC[C@@H](Cn2c(-c3ccc(-c4ccc5[nH]ccc5c4)cc3)n[nH]c2=O)C1. The van der Waals surface area contributed by atoms with Gasteiger partial charge in [-0.25, -0.2) is 9.89 Å². The van der Waals surface area contributed by atoms with Crippen molar-refractivity contribution in [1.29, 1.82) is 0 Å². The topological polar surface area (TPSA) is 86.8 Å². The average Bonchev–Trinajstić information content (AvgIpc) is 3.21. The molecule has 1 aliphatic heterocycles. The Hall–Kier alpha value is -3.61. The van der Waals surface area contributed by atoms with Crippen molar-refractivity contribution in [2.45, 2.75) is 25.8 Å². The smallest absolute Gasteiger partial charge is 0.343 e. The molecular weight excluding hydrogens is 402 g/mol. The van der Waals surface area contributed by atoms with Gasteiger partial charge in [0.15, 0.2) is 5.82 Å². The molecule has 0 bridgehead atoms. The monoisotopic (exact) mass is 427 g/mol. The number of carbonyl (C=O) groups is 1. The Kier molecular flexibility index (Phi) is 4.48. The first-order chi connectivity index (χ1) is 15.7. The lowest BCUT2D eigenvalue weighted by Crippen LogP contribution is -2.31. The minimum Gasteiger partial charge on any atom is -0.361 e. The first-order valence-corrected chi connectivity index (χ1v) is 11.3. The number of benzene rings is 2. The number of carbonyl (C=O) groups excluding carboxylic acids is 1. The van der Waals surface area contributed by atoms with Gasteiger partial charge in [0, 0.05) is 42.8 Å². The lowest BCUT2D eigenvalue weighted by atomic mass is 10.0. The van der Waals surface area contributed by atoms with Crippen molar-refractivity contribution in [2.75, 3.05) is 13.1 Å². The Balaban J connectivity index is 1.22. The molecular formula is C25H25N5O2. The number of nitrogens with one attached hydrogen (secondary N) is 2. The minimum atomic E-state index is -0.200. The summed E-state index contributed by atoms with van der Waals surface area (Å²) < 4.78 is 1.72. The van der Waals surface area contributed by atoms with E-state index >= 15 is 0 Å². The van der Waals surface area contributed by atoms with Gasteiger partial charge in [-0.1, -0.05) is 30.3 Å². The van der Waals surface area contributed by atoms with E-state index in [9.17, 15) is 9.59 Å². The molecule has 1 aliphatic carbocycles. The minimum absolute atomic E-state index is 0.200. The first kappa shape index (κ1) is 19.1. The van der Waals surface area contributed by atoms with Gasteiger partial charge < -0.3 is 9.88 Å². The number of aromatic amines is 2. The number of hydrogen-bond acceptors (Lipinski definition) is 3. The molecule has 2 aliphatic rings. The molecule has 0 spiro atoms. The van der Waals surface area contributed by atoms with E-state index < -0.39 is 0 Å². The van der Waals surface area contributed by atoms with Gasteiger partial charge in [-0.15, -0.1) is 0 Å². The van der Waals surface area contributed by atoms with E-state index in [2.05, 4.69) is 51.6 Å². The Morgan fingerprint density at radius 1 is 1.00 bits per heavy atom. The molecule has 4 aromatic rings. The molecule has 2 aromatic heterocycles. The van der Waals surface area contributed by atoms with Gasteiger partial charge in [0.2, 0.25) is 5.91 Å². The van der Waals surface area contributed by atoms with Crippen LogP contribution < -0.4 is 5.69 Å². The van der Waals surface area contributed by atoms with Crippen molar-refractivity contribution < 1.29 is 4.79 Å². The van der Waals surface area contributed by atoms with E-state index in [-0.39, 0.29) is 17.5 Å². The van der Waals surface area contributed by atoms with E-state index in [0.29, 0.717) is 18.3 Å². The van der Waals surface area contributed by atoms with Crippen molar-refractivity contribution in [3.63, 3.8) is 0 Å². The molecule has 1 saturated heterocycles. The second kappa shape index (κ2) is 7.51. The van der Waals surface area contributed by atoms with Gasteiger partial charge in [-0.2, -0.15) is 5.10 Å². The highest BCUT2D eigenvalue weighted by Crippen LogP contribution is 2.33. The van der Waals surface area contributed by atoms with Crippen LogP contribution in [0.3, 0.4) is 0 Å². The van der Waals surface area contributed by atoms with Gasteiger partial charge in [0.25, 0.3) is 0 Å². The number of hydrogen-bond donors (Lipinski definition) is 2. The Morgan fingerprint density at radius 3 is 2.59 bits per heavy atom. The zero-order chi connectivity index (χ0) is 21.7. The summed E-state index contributed by atoms with van der Waals surface area (Å²) >= 11 is 0. The molecule has 0 radical (unpaired) electrons. The number of H-pyrrole nitrogens is 2. The first-order valence-electron chi connectivity index (χ1n) is 11.3. The summed E-state index contributed by atoms with van der Waals surface area (Å²) in [5.74, 6) is 1.46. The van der Waals surface area contributed by atoms with Crippen LogP contribution >= 0.6 is 0 Å². The maximum atomic E-state index is 12.5. The molecule has 1 atom stereocenters. The molecule has 1 amide bonds. The Bertz CT molecular complexity index is 1340. The van der Waals surface area contributed by atoms with Crippen LogP contribution in [-0.2, 0) is 11.3 Å². The highest BCUT2D eigenvalue weighted by molar-refractivity contribution is 5.85. The summed E-state index contributed by atoms with van der Waals surface area (Å²) in [6, 6.07) is 16.6. The van der Waals surface area contributed by atoms with Crippen LogP contribution in [0.5, 0.6) is 0 Å². The predicted octanol–water partition coefficient (Wildman–Crippen LogP) is 3.65. The molecule has 162 valence electrons. The van der Waals surface area contributed by atoms with Crippen LogP contribution in [-0.4, -0.2) is 43.6 Å². The summed E-state index contributed by atoms with van der Waals surface area (Å²) in [6.45, 7) is 2.10. The fraction of sp³-hybridized carbons (Fsp3) is 0.320. The average molecular weight is 428 g/mol. The van der Waals surface area contributed by atoms with E-state index in [1.807, 2.05) is 23.2 Å². The number of fused-ring (bicyclic) bond motifs is 1. The molecule has 2 N–H and O–H groups in total. The van der Waals surface area contributed by atoms with E-state index in [1.54, 1.807) is 4.57 Å². The van der Waals surface area contributed by atoms with Crippen molar-refractivity contribution >= 4 is 16.8 Å². The van der Waals surface area contributed by atoms with Gasteiger partial charge in [0.05, 0.1) is 0 Å². The standard InChI is InChI=1S/C25H25N5O2/c31-24(19-5-6-19)29-12-10-16(14-29)15-30-23(27-28-25(30)32)18-3-1-17(2-4-18)20-7-8-22-21(13-20)9-11-26-22/h1-4,7-9,11,13,16,19,26H,5-6,10,12,14-15H2,(H,28,32)/t16-/m1/s1. The molecule has 2 fully saturated rings. The van der Waals surface area contributed by atoms with Gasteiger partial charge >= 0.3 is 5.69 Å². The van der Waals surface area contributed by atoms with E-state index in [4.69, 9.17) is 0 Å². The quantitative estimate of drug-likeness (QED) is 0.510. The second-order valence-electron chi connectivity index (χ2n) is 9.03. The molecule has 6 rings (SSSR count). The number of likely N-dealkylation sites (tertiary alicyclic amines) is 1. The summed E-state index contributed by atoms with van der Waals surface area (Å²) in [6.07, 6.45) is 4.93. The van der Waals surface area contributed by atoms with E-state index in [1.165, 1.54) is 5.39 Å². The Labute approximate surface area is 185 Å². The highest BCUT2D eigenvalue weighted by Gasteiger charge is 2.36. The number of amides is 1. The number of nitrogens with zero attached hydrogens (tertiary/aromatic N) is 3. The van der Waals surface area contributed by atoms with Crippen molar-refractivity contribution in [2.24, 2.45) is 11.8 Å². The molecule has 0 unspecified atom stereocenters. The van der Waals surface area contributed by atoms with Gasteiger partial charge in [-0.05, 0) is 59.9 Å². The van der Waals surface area contributed by atoms with Crippen molar-refractivity contribution in [1.82, 2.24) is 24.6 Å². The van der Waals surface area contributed by atoms with Crippen LogP contribution in [0.1, 0.15) is 19.3 Å². The summed E-state index contributed by atoms with van der Waals surface area (Å²) in [5, 5.41) is 8.09. The Morgan fingerprint density at radius 2 is 1.78 bits per heavy atom. The maximum Gasteiger partial charge on any atom is 0.343 e. The molecule has 3 heterocycles. The predicted molar refractivity (Wildman–Crippen MR) is 123 cm³/mol. The highest BCUT2D eigenvalue weighted by atomic mass is 16.2. The summed E-state index contributed by atoms with van der Waals surface area (Å²) in [5.41, 5.74) is 4.09. The number of aromatic nitrogens is 4. The zero-order valence-electron chi connectivity index (χ0n) is 17.8. The summed E-state index contributed by atoms with van der Waals surface area (Å²) in [4.78, 5) is 30.0. The lowest BCUT2D eigenvalue weighted by molar-refractivity contribution is -0.131. The van der Waals surface area contributed by atoms with Gasteiger partial charge in [-0.3, -0.25) is 9.36 Å². The molecule has 32 heavy (non-hydrogen) atoms. The largest absolute Gasteiger partial charge is 0.361 e. The fourth-order valence-corrected chi connectivity index (χ4v) is 4.78. The second-order valence-corrected chi connectivity index (χ2v) is 9.03. The van der Waals surface area contributed by atoms with Crippen molar-refractivity contribution in [3.8, 4) is 22.5 Å². The normalized spacial score (nSPS) is 18.5. The third-order valence-electron chi connectivity index (χ3n) is 6.75. The van der Waals surface area contributed by atoms with Crippen LogP contribution in [0.4, 0.5) is 0 Å². The maximum absolute atomic E-state index is 12.5. The lowest BCUT2D eigenvalue weighted by Gasteiger charge is -2.16. The molecule has 1 saturated carbocycles. The van der Waals surface area contributed by atoms with Crippen LogP contribution in [0.25, 0.3) is 33.4 Å². The van der Waals surface area contributed by atoms with Crippen LogP contribution in [0.2, 0.25) is 0 Å². The zero-order valence-corrected chi connectivity index (χ0v) is 17.8. The fourth-order valence-electron chi connectivity index (χ4n) is 4.78.